The Bertz CT molecular complexity index is 695. The van der Waals surface area contributed by atoms with E-state index in [9.17, 15) is 9.59 Å². The molecule has 0 unspecified atom stereocenters. The number of hydrogen-bond donors (Lipinski definition) is 2. The number of oxazole rings is 1. The molecule has 2 aromatic rings. The van der Waals surface area contributed by atoms with Gasteiger partial charge in [-0.05, 0) is 13.3 Å². The zero-order chi connectivity index (χ0) is 15.7. The first-order valence-corrected chi connectivity index (χ1v) is 7.10. The number of aromatic nitrogens is 1. The number of aliphatic carboxylic acids is 1. The quantitative estimate of drug-likeness (QED) is 0.883. The van der Waals surface area contributed by atoms with Gasteiger partial charge in [-0.1, -0.05) is 30.3 Å². The van der Waals surface area contributed by atoms with Crippen LogP contribution in [0.5, 0.6) is 0 Å². The number of nitrogens with zero attached hydrogens (tertiary/aromatic N) is 1. The maximum Gasteiger partial charge on any atom is 0.307 e. The topological polar surface area (TPSA) is 92.4 Å². The Morgan fingerprint density at radius 1 is 1.32 bits per heavy atom. The van der Waals surface area contributed by atoms with Gasteiger partial charge in [0.1, 0.15) is 6.04 Å². The van der Waals surface area contributed by atoms with Crippen LogP contribution >= 0.6 is 0 Å². The van der Waals surface area contributed by atoms with E-state index < -0.39 is 23.8 Å². The fraction of sp³-hybridized carbons (Fsp3) is 0.312. The zero-order valence-electron chi connectivity index (χ0n) is 12.0. The van der Waals surface area contributed by atoms with Gasteiger partial charge in [-0.25, -0.2) is 4.98 Å². The molecule has 0 radical (unpaired) electrons. The van der Waals surface area contributed by atoms with E-state index in [1.807, 2.05) is 30.3 Å². The lowest BCUT2D eigenvalue weighted by Crippen LogP contribution is -2.29. The van der Waals surface area contributed by atoms with Crippen LogP contribution < -0.4 is 5.32 Å². The summed E-state index contributed by atoms with van der Waals surface area (Å²) in [5.74, 6) is -1.15. The van der Waals surface area contributed by atoms with Gasteiger partial charge in [0.2, 0.25) is 11.8 Å². The summed E-state index contributed by atoms with van der Waals surface area (Å²) in [6, 6.07) is 9.15. The molecule has 2 N–H and O–H groups in total. The van der Waals surface area contributed by atoms with Crippen LogP contribution in [0.3, 0.4) is 0 Å². The minimum atomic E-state index is -0.921. The summed E-state index contributed by atoms with van der Waals surface area (Å²) in [6.45, 7) is 1.76. The maximum atomic E-state index is 11.9. The SMILES string of the molecule is C[C@H](NC(=O)[C@H]1C[C@H]1C(=O)O)c1ncc(-c2ccccc2)o1. The van der Waals surface area contributed by atoms with Gasteiger partial charge in [-0.15, -0.1) is 0 Å². The lowest BCUT2D eigenvalue weighted by Gasteiger charge is -2.09. The first kappa shape index (κ1) is 14.3. The largest absolute Gasteiger partial charge is 0.481 e. The molecule has 1 heterocycles. The highest BCUT2D eigenvalue weighted by Gasteiger charge is 2.48. The zero-order valence-corrected chi connectivity index (χ0v) is 12.0. The summed E-state index contributed by atoms with van der Waals surface area (Å²) in [7, 11) is 0. The molecule has 1 amide bonds. The lowest BCUT2D eigenvalue weighted by atomic mass is 10.2. The van der Waals surface area contributed by atoms with Gasteiger partial charge in [-0.3, -0.25) is 9.59 Å². The molecular weight excluding hydrogens is 284 g/mol. The highest BCUT2D eigenvalue weighted by molar-refractivity contribution is 5.89. The lowest BCUT2D eigenvalue weighted by molar-refractivity contribution is -0.140. The van der Waals surface area contributed by atoms with E-state index in [1.165, 1.54) is 0 Å². The fourth-order valence-electron chi connectivity index (χ4n) is 2.36. The van der Waals surface area contributed by atoms with Crippen molar-refractivity contribution in [1.29, 1.82) is 0 Å². The van der Waals surface area contributed by atoms with Crippen LogP contribution in [0.1, 0.15) is 25.3 Å². The summed E-state index contributed by atoms with van der Waals surface area (Å²) in [4.78, 5) is 26.9. The van der Waals surface area contributed by atoms with Crippen molar-refractivity contribution in [2.75, 3.05) is 0 Å². The van der Waals surface area contributed by atoms with Crippen molar-refractivity contribution < 1.29 is 19.1 Å². The van der Waals surface area contributed by atoms with Crippen LogP contribution in [-0.4, -0.2) is 22.0 Å². The number of nitrogens with one attached hydrogen (secondary N) is 1. The molecule has 0 aliphatic heterocycles. The molecule has 0 spiro atoms. The van der Waals surface area contributed by atoms with Gasteiger partial charge in [0.15, 0.2) is 5.76 Å². The van der Waals surface area contributed by atoms with Crippen molar-refractivity contribution in [1.82, 2.24) is 10.3 Å². The van der Waals surface area contributed by atoms with Crippen molar-refractivity contribution in [3.05, 3.63) is 42.4 Å². The smallest absolute Gasteiger partial charge is 0.307 e. The average Bonchev–Trinajstić information content (AvgIpc) is 3.18. The number of benzene rings is 1. The highest BCUT2D eigenvalue weighted by Crippen LogP contribution is 2.39. The van der Waals surface area contributed by atoms with Crippen LogP contribution in [-0.2, 0) is 9.59 Å². The molecule has 0 bridgehead atoms. The molecule has 1 aromatic carbocycles. The molecule has 1 fully saturated rings. The summed E-state index contributed by atoms with van der Waals surface area (Å²) < 4.78 is 5.66. The third kappa shape index (κ3) is 2.86. The van der Waals surface area contributed by atoms with Crippen LogP contribution in [0, 0.1) is 11.8 Å². The Morgan fingerprint density at radius 2 is 2.05 bits per heavy atom. The molecule has 1 aliphatic rings. The van der Waals surface area contributed by atoms with Gasteiger partial charge >= 0.3 is 5.97 Å². The Hall–Kier alpha value is -2.63. The Morgan fingerprint density at radius 3 is 2.68 bits per heavy atom. The van der Waals surface area contributed by atoms with E-state index in [0.717, 1.165) is 5.56 Å². The van der Waals surface area contributed by atoms with Gasteiger partial charge < -0.3 is 14.8 Å². The second-order valence-corrected chi connectivity index (χ2v) is 5.45. The molecule has 1 aromatic heterocycles. The average molecular weight is 300 g/mol. The van der Waals surface area contributed by atoms with Gasteiger partial charge in [0.05, 0.1) is 18.0 Å². The maximum absolute atomic E-state index is 11.9. The molecule has 1 aliphatic carbocycles. The van der Waals surface area contributed by atoms with E-state index in [-0.39, 0.29) is 5.91 Å². The first-order valence-electron chi connectivity index (χ1n) is 7.10. The van der Waals surface area contributed by atoms with E-state index in [2.05, 4.69) is 10.3 Å². The van der Waals surface area contributed by atoms with Crippen molar-refractivity contribution in [2.45, 2.75) is 19.4 Å². The van der Waals surface area contributed by atoms with E-state index in [4.69, 9.17) is 9.52 Å². The van der Waals surface area contributed by atoms with E-state index in [1.54, 1.807) is 13.1 Å². The van der Waals surface area contributed by atoms with E-state index >= 15 is 0 Å². The minimum absolute atomic E-state index is 0.264. The Labute approximate surface area is 127 Å². The summed E-state index contributed by atoms with van der Waals surface area (Å²) in [6.07, 6.45) is 2.01. The van der Waals surface area contributed by atoms with Crippen molar-refractivity contribution >= 4 is 11.9 Å². The molecule has 3 rings (SSSR count). The van der Waals surface area contributed by atoms with Crippen molar-refractivity contribution in [2.24, 2.45) is 11.8 Å². The first-order chi connectivity index (χ1) is 10.6. The molecular formula is C16H16N2O4. The molecule has 114 valence electrons. The number of hydrogen-bond acceptors (Lipinski definition) is 4. The number of carbonyl (C=O) groups is 2. The van der Waals surface area contributed by atoms with Crippen LogP contribution in [0.25, 0.3) is 11.3 Å². The van der Waals surface area contributed by atoms with Gasteiger partial charge in [-0.2, -0.15) is 0 Å². The number of rotatable bonds is 5. The summed E-state index contributed by atoms with van der Waals surface area (Å²) in [5.41, 5.74) is 0.910. The molecule has 0 saturated heterocycles. The van der Waals surface area contributed by atoms with Gasteiger partial charge in [0.25, 0.3) is 0 Å². The number of carbonyl (C=O) groups excluding carboxylic acids is 1. The molecule has 6 heteroatoms. The van der Waals surface area contributed by atoms with Crippen molar-refractivity contribution in [3.8, 4) is 11.3 Å². The van der Waals surface area contributed by atoms with E-state index in [0.29, 0.717) is 18.1 Å². The molecule has 3 atom stereocenters. The number of amides is 1. The third-order valence-corrected chi connectivity index (χ3v) is 3.76. The highest BCUT2D eigenvalue weighted by atomic mass is 16.4. The fourth-order valence-corrected chi connectivity index (χ4v) is 2.36. The third-order valence-electron chi connectivity index (χ3n) is 3.76. The van der Waals surface area contributed by atoms with Crippen LogP contribution in [0.2, 0.25) is 0 Å². The standard InChI is InChI=1S/C16H16N2O4/c1-9(18-14(19)11-7-12(11)16(20)21)15-17-8-13(22-15)10-5-3-2-4-6-10/h2-6,8-9,11-12H,7H2,1H3,(H,18,19)(H,20,21)/t9-,11-,12+/m0/s1. The van der Waals surface area contributed by atoms with Crippen LogP contribution in [0.15, 0.2) is 40.9 Å². The monoisotopic (exact) mass is 300 g/mol. The molecule has 22 heavy (non-hydrogen) atoms. The van der Waals surface area contributed by atoms with Gasteiger partial charge in [0, 0.05) is 5.56 Å². The Balaban J connectivity index is 1.64. The summed E-state index contributed by atoms with van der Waals surface area (Å²) >= 11 is 0. The number of carboxylic acids is 1. The minimum Gasteiger partial charge on any atom is -0.481 e. The predicted molar refractivity (Wildman–Crippen MR) is 77.7 cm³/mol. The van der Waals surface area contributed by atoms with Crippen LogP contribution in [0.4, 0.5) is 0 Å². The number of carboxylic acid groups (broad SMARTS) is 1. The molecule has 6 nitrogen and oxygen atoms in total. The second kappa shape index (κ2) is 5.63. The summed E-state index contributed by atoms with van der Waals surface area (Å²) in [5, 5.41) is 11.6. The second-order valence-electron chi connectivity index (χ2n) is 5.45. The van der Waals surface area contributed by atoms with Crippen molar-refractivity contribution in [3.63, 3.8) is 0 Å². The Kier molecular flexibility index (Phi) is 3.66. The molecule has 1 saturated carbocycles. The predicted octanol–water partition coefficient (Wildman–Crippen LogP) is 2.24. The normalized spacial score (nSPS) is 21.1.